The van der Waals surface area contributed by atoms with Gasteiger partial charge in [-0.05, 0) is 37.0 Å². The summed E-state index contributed by atoms with van der Waals surface area (Å²) in [4.78, 5) is 25.4. The van der Waals surface area contributed by atoms with E-state index in [2.05, 4.69) is 5.32 Å². The second-order valence-corrected chi connectivity index (χ2v) is 6.44. The largest absolute Gasteiger partial charge is 0.480 e. The number of carboxylic acids is 1. The highest BCUT2D eigenvalue weighted by Gasteiger charge is 2.40. The minimum Gasteiger partial charge on any atom is -0.480 e. The zero-order valence-corrected chi connectivity index (χ0v) is 14.0. The first-order valence-electron chi connectivity index (χ1n) is 8.47. The Bertz CT molecular complexity index is 727. The maximum atomic E-state index is 12.6. The fraction of sp³-hybridized carbons (Fsp3) is 0.300. The van der Waals surface area contributed by atoms with Gasteiger partial charge in [0.2, 0.25) is 5.91 Å². The van der Waals surface area contributed by atoms with Gasteiger partial charge in [0.25, 0.3) is 0 Å². The van der Waals surface area contributed by atoms with Gasteiger partial charge >= 0.3 is 5.97 Å². The highest BCUT2D eigenvalue weighted by atomic mass is 16.4. The number of nitrogens with zero attached hydrogens (tertiary/aromatic N) is 1. The lowest BCUT2D eigenvalue weighted by atomic mass is 9.72. The van der Waals surface area contributed by atoms with Crippen molar-refractivity contribution in [1.82, 2.24) is 5.32 Å². The minimum absolute atomic E-state index is 0.0187. The molecule has 2 aromatic carbocycles. The number of carbonyl (C=O) groups is 2. The van der Waals surface area contributed by atoms with E-state index in [-0.39, 0.29) is 24.5 Å². The highest BCUT2D eigenvalue weighted by molar-refractivity contribution is 5.84. The molecule has 0 spiro atoms. The third-order valence-corrected chi connectivity index (χ3v) is 4.69. The van der Waals surface area contributed by atoms with Gasteiger partial charge in [0.05, 0.1) is 12.1 Å². The van der Waals surface area contributed by atoms with E-state index in [9.17, 15) is 9.59 Å². The van der Waals surface area contributed by atoms with E-state index in [1.54, 1.807) is 4.90 Å². The maximum Gasteiger partial charge on any atom is 0.323 e. The summed E-state index contributed by atoms with van der Waals surface area (Å²) in [6, 6.07) is 19.1. The van der Waals surface area contributed by atoms with Gasteiger partial charge in [0.15, 0.2) is 0 Å². The number of amides is 1. The molecule has 1 fully saturated rings. The molecule has 0 unspecified atom stereocenters. The van der Waals surface area contributed by atoms with Crippen molar-refractivity contribution >= 4 is 17.6 Å². The lowest BCUT2D eigenvalue weighted by Crippen LogP contribution is -2.53. The Balaban J connectivity index is 1.72. The highest BCUT2D eigenvalue weighted by Crippen LogP contribution is 2.41. The Kier molecular flexibility index (Phi) is 5.03. The number of benzene rings is 2. The summed E-state index contributed by atoms with van der Waals surface area (Å²) in [5.74, 6) is -1.12. The van der Waals surface area contributed by atoms with E-state index in [4.69, 9.17) is 5.11 Å². The topological polar surface area (TPSA) is 69.6 Å². The summed E-state index contributed by atoms with van der Waals surface area (Å²) in [5.41, 5.74) is 1.52. The zero-order chi connectivity index (χ0) is 17.7. The van der Waals surface area contributed by atoms with Crippen LogP contribution in [-0.2, 0) is 15.1 Å². The monoisotopic (exact) mass is 338 g/mol. The van der Waals surface area contributed by atoms with Crippen molar-refractivity contribution in [2.75, 3.05) is 18.0 Å². The number of rotatable bonds is 7. The summed E-state index contributed by atoms with van der Waals surface area (Å²) >= 11 is 0. The standard InChI is InChI=1S/C20H22N2O3/c23-18(14-22(15-19(24)25)17-10-5-2-6-11-17)21-20(12-7-13-20)16-8-3-1-4-9-16/h1-6,8-11H,7,12-15H2,(H,21,23)(H,24,25). The van der Waals surface area contributed by atoms with Crippen molar-refractivity contribution in [2.45, 2.75) is 24.8 Å². The smallest absolute Gasteiger partial charge is 0.323 e. The molecule has 2 N–H and O–H groups in total. The van der Waals surface area contributed by atoms with E-state index < -0.39 is 5.97 Å². The van der Waals surface area contributed by atoms with Gasteiger partial charge in [-0.15, -0.1) is 0 Å². The number of nitrogens with one attached hydrogen (secondary N) is 1. The average Bonchev–Trinajstić information content (AvgIpc) is 2.59. The van der Waals surface area contributed by atoms with Gasteiger partial charge < -0.3 is 15.3 Å². The summed E-state index contributed by atoms with van der Waals surface area (Å²) in [7, 11) is 0. The van der Waals surface area contributed by atoms with Crippen molar-refractivity contribution in [2.24, 2.45) is 0 Å². The molecule has 0 aromatic heterocycles. The van der Waals surface area contributed by atoms with Gasteiger partial charge in [0, 0.05) is 5.69 Å². The van der Waals surface area contributed by atoms with Crippen LogP contribution in [0.15, 0.2) is 60.7 Å². The van der Waals surface area contributed by atoms with Gasteiger partial charge in [-0.25, -0.2) is 0 Å². The second kappa shape index (κ2) is 7.38. The molecular formula is C20H22N2O3. The molecule has 2 aromatic rings. The molecular weight excluding hydrogens is 316 g/mol. The van der Waals surface area contributed by atoms with Gasteiger partial charge in [-0.2, -0.15) is 0 Å². The molecule has 0 radical (unpaired) electrons. The molecule has 3 rings (SSSR count). The lowest BCUT2D eigenvalue weighted by Gasteiger charge is -2.43. The van der Waals surface area contributed by atoms with Gasteiger partial charge in [0.1, 0.15) is 6.54 Å². The van der Waals surface area contributed by atoms with Crippen LogP contribution in [0.25, 0.3) is 0 Å². The number of hydrogen-bond donors (Lipinski definition) is 2. The number of para-hydroxylation sites is 1. The molecule has 0 atom stereocenters. The quantitative estimate of drug-likeness (QED) is 0.814. The molecule has 5 nitrogen and oxygen atoms in total. The first kappa shape index (κ1) is 17.0. The molecule has 25 heavy (non-hydrogen) atoms. The van der Waals surface area contributed by atoms with Crippen LogP contribution in [0.4, 0.5) is 5.69 Å². The van der Waals surface area contributed by atoms with Crippen molar-refractivity contribution in [3.05, 3.63) is 66.2 Å². The molecule has 1 aliphatic carbocycles. The molecule has 0 saturated heterocycles. The van der Waals surface area contributed by atoms with Crippen LogP contribution in [0.3, 0.4) is 0 Å². The van der Waals surface area contributed by atoms with Crippen LogP contribution in [0.5, 0.6) is 0 Å². The Morgan fingerprint density at radius 2 is 1.56 bits per heavy atom. The van der Waals surface area contributed by atoms with Crippen LogP contribution in [0.2, 0.25) is 0 Å². The van der Waals surface area contributed by atoms with Crippen LogP contribution in [0.1, 0.15) is 24.8 Å². The Morgan fingerprint density at radius 1 is 0.960 bits per heavy atom. The van der Waals surface area contributed by atoms with Gasteiger partial charge in [-0.3, -0.25) is 9.59 Å². The normalized spacial score (nSPS) is 15.0. The minimum atomic E-state index is -0.960. The van der Waals surface area contributed by atoms with Crippen molar-refractivity contribution < 1.29 is 14.7 Å². The average molecular weight is 338 g/mol. The number of carbonyl (C=O) groups excluding carboxylic acids is 1. The Labute approximate surface area is 147 Å². The van der Waals surface area contributed by atoms with Crippen LogP contribution >= 0.6 is 0 Å². The lowest BCUT2D eigenvalue weighted by molar-refractivity contribution is -0.135. The fourth-order valence-corrected chi connectivity index (χ4v) is 3.29. The van der Waals surface area contributed by atoms with Gasteiger partial charge in [-0.1, -0.05) is 48.5 Å². The van der Waals surface area contributed by atoms with Crippen LogP contribution in [-0.4, -0.2) is 30.1 Å². The molecule has 1 amide bonds. The first-order valence-corrected chi connectivity index (χ1v) is 8.47. The number of aliphatic carboxylic acids is 1. The second-order valence-electron chi connectivity index (χ2n) is 6.44. The Morgan fingerprint density at radius 3 is 2.08 bits per heavy atom. The summed E-state index contributed by atoms with van der Waals surface area (Å²) in [6.45, 7) is -0.194. The molecule has 5 heteroatoms. The molecule has 1 saturated carbocycles. The van der Waals surface area contributed by atoms with E-state index in [1.807, 2.05) is 60.7 Å². The number of carboxylic acid groups (broad SMARTS) is 1. The van der Waals surface area contributed by atoms with Crippen molar-refractivity contribution in [1.29, 1.82) is 0 Å². The van der Waals surface area contributed by atoms with Crippen LogP contribution in [0, 0.1) is 0 Å². The van der Waals surface area contributed by atoms with E-state index in [0.717, 1.165) is 30.5 Å². The predicted molar refractivity (Wildman–Crippen MR) is 96.4 cm³/mol. The molecule has 0 aliphatic heterocycles. The van der Waals surface area contributed by atoms with Crippen molar-refractivity contribution in [3.63, 3.8) is 0 Å². The summed E-state index contributed by atoms with van der Waals surface area (Å²) < 4.78 is 0. The predicted octanol–water partition coefficient (Wildman–Crippen LogP) is 2.77. The number of hydrogen-bond acceptors (Lipinski definition) is 3. The zero-order valence-electron chi connectivity index (χ0n) is 14.0. The summed E-state index contributed by atoms with van der Waals surface area (Å²) in [6.07, 6.45) is 2.90. The first-order chi connectivity index (χ1) is 12.1. The molecule has 0 bridgehead atoms. The molecule has 130 valence electrons. The fourth-order valence-electron chi connectivity index (χ4n) is 3.29. The maximum absolute atomic E-state index is 12.6. The van der Waals surface area contributed by atoms with E-state index in [1.165, 1.54) is 0 Å². The van der Waals surface area contributed by atoms with Crippen molar-refractivity contribution in [3.8, 4) is 0 Å². The summed E-state index contributed by atoms with van der Waals surface area (Å²) in [5, 5.41) is 12.3. The third-order valence-electron chi connectivity index (χ3n) is 4.69. The molecule has 0 heterocycles. The Hall–Kier alpha value is -2.82. The van der Waals surface area contributed by atoms with E-state index >= 15 is 0 Å². The number of anilines is 1. The van der Waals surface area contributed by atoms with E-state index in [0.29, 0.717) is 0 Å². The van der Waals surface area contributed by atoms with Crippen LogP contribution < -0.4 is 10.2 Å². The molecule has 1 aliphatic rings. The SMILES string of the molecule is O=C(O)CN(CC(=O)NC1(c2ccccc2)CCC1)c1ccccc1. The third kappa shape index (κ3) is 3.99.